The van der Waals surface area contributed by atoms with Gasteiger partial charge in [-0.2, -0.15) is 0 Å². The minimum atomic E-state index is -4.26. The summed E-state index contributed by atoms with van der Waals surface area (Å²) < 4.78 is 33.3. The molecule has 270 valence electrons. The highest BCUT2D eigenvalue weighted by atomic mass is 31.2. The van der Waals surface area contributed by atoms with E-state index >= 15 is 0 Å². The quantitative estimate of drug-likeness (QED) is 0.0383. The molecule has 1 unspecified atom stereocenters. The maximum Gasteiger partial charge on any atom is 0.472 e. The molecule has 0 aliphatic carbocycles. The molecule has 0 aromatic carbocycles. The molecule has 0 saturated carbocycles. The highest BCUT2D eigenvalue weighted by Gasteiger charge is 2.25. The smallest absolute Gasteiger partial charge is 0.457 e. The molecule has 0 heterocycles. The molecule has 0 aromatic heterocycles. The van der Waals surface area contributed by atoms with Gasteiger partial charge in [0.2, 0.25) is 0 Å². The largest absolute Gasteiger partial charge is 0.472 e. The summed E-state index contributed by atoms with van der Waals surface area (Å²) >= 11 is 0. The lowest BCUT2D eigenvalue weighted by atomic mass is 10.0. The number of hydrogen-bond donors (Lipinski definition) is 2. The molecule has 0 radical (unpaired) electrons. The second-order valence-corrected chi connectivity index (χ2v) is 14.3. The molecule has 0 aliphatic heterocycles. The Balaban J connectivity index is 4.05. The van der Waals surface area contributed by atoms with Crippen LogP contribution in [0.15, 0.2) is 0 Å². The highest BCUT2D eigenvalue weighted by molar-refractivity contribution is 7.47. The van der Waals surface area contributed by atoms with Gasteiger partial charge in [0.25, 0.3) is 0 Å². The van der Waals surface area contributed by atoms with Crippen molar-refractivity contribution in [2.45, 2.75) is 193 Å². The Morgan fingerprint density at radius 1 is 0.578 bits per heavy atom. The van der Waals surface area contributed by atoms with Gasteiger partial charge in [-0.15, -0.1) is 0 Å². The number of esters is 1. The Hall–Kier alpha value is -0.500. The maximum absolute atomic E-state index is 12.5. The molecule has 9 heteroatoms. The van der Waals surface area contributed by atoms with Crippen molar-refractivity contribution >= 4 is 13.8 Å². The Labute approximate surface area is 278 Å². The van der Waals surface area contributed by atoms with Gasteiger partial charge >= 0.3 is 13.8 Å². The predicted octanol–water partition coefficient (Wildman–Crippen LogP) is 10.6. The van der Waals surface area contributed by atoms with E-state index in [9.17, 15) is 14.3 Å². The summed E-state index contributed by atoms with van der Waals surface area (Å²) in [5.41, 5.74) is 5.35. The van der Waals surface area contributed by atoms with E-state index in [2.05, 4.69) is 13.8 Å². The van der Waals surface area contributed by atoms with Crippen molar-refractivity contribution in [1.29, 1.82) is 0 Å². The van der Waals surface area contributed by atoms with Crippen LogP contribution in [-0.2, 0) is 27.9 Å². The molecule has 0 rings (SSSR count). The van der Waals surface area contributed by atoms with E-state index in [0.29, 0.717) is 13.0 Å². The first-order valence-corrected chi connectivity index (χ1v) is 20.5. The molecular weight excluding hydrogens is 589 g/mol. The Morgan fingerprint density at radius 3 is 1.40 bits per heavy atom. The number of carbonyl (C=O) groups excluding carboxylic acids is 1. The number of unbranched alkanes of at least 4 members (excludes halogenated alkanes) is 24. The van der Waals surface area contributed by atoms with Gasteiger partial charge in [0, 0.05) is 19.6 Å². The summed E-state index contributed by atoms with van der Waals surface area (Å²) in [5, 5.41) is 0. The van der Waals surface area contributed by atoms with Gasteiger partial charge in [-0.25, -0.2) is 4.57 Å². The van der Waals surface area contributed by atoms with Crippen LogP contribution in [0.1, 0.15) is 187 Å². The third-order valence-electron chi connectivity index (χ3n) is 8.27. The summed E-state index contributed by atoms with van der Waals surface area (Å²) in [5.74, 6) is -0.327. The van der Waals surface area contributed by atoms with E-state index < -0.39 is 13.9 Å². The summed E-state index contributed by atoms with van der Waals surface area (Å²) in [7, 11) is -4.26. The fourth-order valence-electron chi connectivity index (χ4n) is 5.47. The zero-order valence-corrected chi connectivity index (χ0v) is 30.5. The van der Waals surface area contributed by atoms with Crippen LogP contribution in [0.4, 0.5) is 0 Å². The van der Waals surface area contributed by atoms with Crippen LogP contribution in [0.2, 0.25) is 0 Å². The second kappa shape index (κ2) is 34.8. The number of carbonyl (C=O) groups is 1. The zero-order valence-electron chi connectivity index (χ0n) is 29.6. The number of phosphoric ester groups is 1. The van der Waals surface area contributed by atoms with Gasteiger partial charge in [-0.05, 0) is 12.8 Å². The summed E-state index contributed by atoms with van der Waals surface area (Å²) in [6.07, 6.45) is 32.5. The first kappa shape index (κ1) is 44.5. The molecule has 0 saturated heterocycles. The van der Waals surface area contributed by atoms with Crippen LogP contribution < -0.4 is 5.73 Å². The summed E-state index contributed by atoms with van der Waals surface area (Å²) in [6, 6.07) is 0. The van der Waals surface area contributed by atoms with Crippen LogP contribution >= 0.6 is 7.82 Å². The molecule has 0 bridgehead atoms. The van der Waals surface area contributed by atoms with Crippen LogP contribution in [-0.4, -0.2) is 49.9 Å². The molecule has 2 atom stereocenters. The van der Waals surface area contributed by atoms with Crippen LogP contribution in [0, 0.1) is 0 Å². The molecule has 0 aromatic rings. The third kappa shape index (κ3) is 34.6. The minimum absolute atomic E-state index is 0.0905. The van der Waals surface area contributed by atoms with E-state index in [1.165, 1.54) is 135 Å². The lowest BCUT2D eigenvalue weighted by Crippen LogP contribution is -2.28. The van der Waals surface area contributed by atoms with Crippen molar-refractivity contribution in [3.8, 4) is 0 Å². The van der Waals surface area contributed by atoms with Gasteiger partial charge in [0.05, 0.1) is 19.8 Å². The molecular formula is C36H74NO7P. The first-order valence-electron chi connectivity index (χ1n) is 19.0. The van der Waals surface area contributed by atoms with Gasteiger partial charge in [0.1, 0.15) is 6.10 Å². The Kier molecular flexibility index (Phi) is 34.4. The molecule has 0 aliphatic rings. The maximum atomic E-state index is 12.5. The number of ether oxygens (including phenoxy) is 2. The summed E-state index contributed by atoms with van der Waals surface area (Å²) in [4.78, 5) is 22.3. The number of hydrogen-bond acceptors (Lipinski definition) is 7. The zero-order chi connectivity index (χ0) is 33.1. The first-order chi connectivity index (χ1) is 21.9. The molecule has 0 fully saturated rings. The fraction of sp³-hybridized carbons (Fsp3) is 0.972. The number of rotatable bonds is 37. The average Bonchev–Trinajstić information content (AvgIpc) is 3.02. The third-order valence-corrected chi connectivity index (χ3v) is 9.26. The van der Waals surface area contributed by atoms with Crippen LogP contribution in [0.25, 0.3) is 0 Å². The van der Waals surface area contributed by atoms with Gasteiger partial charge in [0.15, 0.2) is 0 Å². The monoisotopic (exact) mass is 664 g/mol. The molecule has 0 amide bonds. The molecule has 8 nitrogen and oxygen atoms in total. The van der Waals surface area contributed by atoms with Crippen LogP contribution in [0.3, 0.4) is 0 Å². The second-order valence-electron chi connectivity index (χ2n) is 12.8. The number of phosphoric acid groups is 1. The topological polar surface area (TPSA) is 117 Å². The van der Waals surface area contributed by atoms with E-state index in [1.54, 1.807) is 0 Å². The van der Waals surface area contributed by atoms with Gasteiger partial charge < -0.3 is 20.1 Å². The average molecular weight is 664 g/mol. The predicted molar refractivity (Wildman–Crippen MR) is 187 cm³/mol. The Bertz CT molecular complexity index is 667. The summed E-state index contributed by atoms with van der Waals surface area (Å²) in [6.45, 7) is 4.95. The molecule has 0 spiro atoms. The fourth-order valence-corrected chi connectivity index (χ4v) is 6.23. The van der Waals surface area contributed by atoms with Gasteiger partial charge in [-0.3, -0.25) is 13.8 Å². The van der Waals surface area contributed by atoms with E-state index in [1.807, 2.05) is 0 Å². The normalized spacial score (nSPS) is 13.6. The Morgan fingerprint density at radius 2 is 0.978 bits per heavy atom. The van der Waals surface area contributed by atoms with Gasteiger partial charge in [-0.1, -0.05) is 168 Å². The molecule has 3 N–H and O–H groups in total. The van der Waals surface area contributed by atoms with Crippen molar-refractivity contribution in [2.75, 3.05) is 33.0 Å². The van der Waals surface area contributed by atoms with Crippen molar-refractivity contribution in [1.82, 2.24) is 0 Å². The van der Waals surface area contributed by atoms with Crippen molar-refractivity contribution in [3.63, 3.8) is 0 Å². The lowest BCUT2D eigenvalue weighted by Gasteiger charge is -2.20. The van der Waals surface area contributed by atoms with Crippen molar-refractivity contribution in [2.24, 2.45) is 5.73 Å². The minimum Gasteiger partial charge on any atom is -0.457 e. The van der Waals surface area contributed by atoms with E-state index in [0.717, 1.165) is 32.1 Å². The standard InChI is InChI=1S/C36H74NO7P/c1-3-5-7-9-11-13-15-17-18-20-22-24-26-28-31-41-33-35(34-43-45(39,40)42-32-30-37)44-36(38)29-27-25-23-21-19-16-14-12-10-8-6-4-2/h35H,3-34,37H2,1-2H3,(H,39,40)/t35-/m1/s1. The van der Waals surface area contributed by atoms with E-state index in [4.69, 9.17) is 24.3 Å². The SMILES string of the molecule is CCCCCCCCCCCCCCCCOC[C@H](COP(=O)(O)OCCN)OC(=O)CCCCCCCCCCCCCC. The van der Waals surface area contributed by atoms with Crippen molar-refractivity contribution in [3.05, 3.63) is 0 Å². The molecule has 45 heavy (non-hydrogen) atoms. The lowest BCUT2D eigenvalue weighted by molar-refractivity contribution is -0.154. The van der Waals surface area contributed by atoms with E-state index in [-0.39, 0.29) is 32.3 Å². The van der Waals surface area contributed by atoms with Crippen molar-refractivity contribution < 1.29 is 32.8 Å². The van der Waals surface area contributed by atoms with Crippen LogP contribution in [0.5, 0.6) is 0 Å². The number of nitrogens with two attached hydrogens (primary N) is 1. The highest BCUT2D eigenvalue weighted by Crippen LogP contribution is 2.43.